The number of esters is 1. The van der Waals surface area contributed by atoms with Crippen LogP contribution in [0.5, 0.6) is 0 Å². The lowest BCUT2D eigenvalue weighted by Crippen LogP contribution is -2.67. The number of nitrogens with one attached hydrogen (secondary N) is 1. The summed E-state index contributed by atoms with van der Waals surface area (Å²) in [5, 5.41) is 153. The van der Waals surface area contributed by atoms with Crippen molar-refractivity contribution in [1.29, 1.82) is 0 Å². The van der Waals surface area contributed by atoms with Gasteiger partial charge in [-0.3, -0.25) is 9.59 Å². The lowest BCUT2D eigenvalue weighted by Gasteiger charge is -2.59. The lowest BCUT2D eigenvalue weighted by molar-refractivity contribution is -0.397. The van der Waals surface area contributed by atoms with E-state index in [1.807, 2.05) is 0 Å². The molecule has 8 aliphatic rings. The second-order valence-corrected chi connectivity index (χ2v) is 23.9. The second kappa shape index (κ2) is 24.3. The van der Waals surface area contributed by atoms with Gasteiger partial charge in [0, 0.05) is 12.3 Å². The highest BCUT2D eigenvalue weighted by Crippen LogP contribution is 2.71. The van der Waals surface area contributed by atoms with Gasteiger partial charge in [0.15, 0.2) is 25.0 Å². The fraction of sp³-hybridized carbons (Fsp3) is 0.796. The highest BCUT2D eigenvalue weighted by atomic mass is 16.8. The fourth-order valence-electron chi connectivity index (χ4n) is 14.9. The number of carbonyl (C=O) groups excluding carboxylic acids is 2. The molecule has 0 radical (unpaired) electrons. The van der Waals surface area contributed by atoms with Crippen LogP contribution in [0, 0.1) is 34.0 Å². The van der Waals surface area contributed by atoms with E-state index in [0.717, 1.165) is 12.0 Å². The summed E-state index contributed by atoms with van der Waals surface area (Å²) >= 11 is 0. The number of hydrogen-bond acceptors (Lipinski definition) is 24. The molecule has 4 heterocycles. The molecule has 28 atom stereocenters. The Balaban J connectivity index is 0.981. The molecule has 2 bridgehead atoms. The van der Waals surface area contributed by atoms with Crippen molar-refractivity contribution in [2.24, 2.45) is 34.0 Å². The zero-order chi connectivity index (χ0) is 57.9. The number of aliphatic hydroxyl groups is 13. The SMILES string of the molecule is C=C1C[C@]23CCC[C@@H]4[C@](C)(C(=O)OC5O[C@H](C(=O)N[C@H](Cc6ccccc6)C(=O)O)[C@@H](O)[C@H](O)[C@H]5O)CCC[C@@]4(C)C2CC(O[C@@H]2O[C@H](CO)[C@@H](O)C(O[C@@H]4O[C@H](CO)[C@@H](O)[C@H](O)[C@H]4O)[C@H]2O[C@@H]2O[C@H](CO)[C@@H](O)[C@H](O)[C@H]2O)C1C3. The normalized spacial score (nSPS) is 48.0. The largest absolute Gasteiger partial charge is 0.480 e. The molecule has 4 aliphatic heterocycles. The van der Waals surface area contributed by atoms with Gasteiger partial charge in [-0.15, -0.1) is 0 Å². The van der Waals surface area contributed by atoms with Crippen LogP contribution in [-0.4, -0.2) is 244 Å². The molecule has 450 valence electrons. The van der Waals surface area contributed by atoms with Gasteiger partial charge < -0.3 is 115 Å². The molecule has 1 aromatic carbocycles. The Morgan fingerprint density at radius 1 is 0.650 bits per heavy atom. The van der Waals surface area contributed by atoms with Crippen LogP contribution in [0.1, 0.15) is 77.2 Å². The van der Waals surface area contributed by atoms with Crippen LogP contribution in [0.3, 0.4) is 0 Å². The average molecular weight is 1140 g/mol. The number of carboxylic acid groups (broad SMARTS) is 1. The molecule has 26 nitrogen and oxygen atoms in total. The monoisotopic (exact) mass is 1140 g/mol. The van der Waals surface area contributed by atoms with E-state index in [4.69, 9.17) is 37.9 Å². The maximum absolute atomic E-state index is 14.9. The third-order valence-corrected chi connectivity index (χ3v) is 19.1. The number of aliphatic hydroxyl groups excluding tert-OH is 13. The number of aliphatic carboxylic acids is 1. The fourth-order valence-corrected chi connectivity index (χ4v) is 14.9. The van der Waals surface area contributed by atoms with E-state index >= 15 is 0 Å². The Labute approximate surface area is 460 Å². The molecule has 9 rings (SSSR count). The van der Waals surface area contributed by atoms with E-state index in [1.54, 1.807) is 37.3 Å². The Morgan fingerprint density at radius 2 is 1.21 bits per heavy atom. The van der Waals surface area contributed by atoms with Crippen molar-refractivity contribution < 1.29 is 124 Å². The number of amides is 1. The Hall–Kier alpha value is -3.43. The predicted octanol–water partition coefficient (Wildman–Crippen LogP) is -4.05. The van der Waals surface area contributed by atoms with E-state index < -0.39 is 189 Å². The Bertz CT molecular complexity index is 2330. The summed E-state index contributed by atoms with van der Waals surface area (Å²) in [6.45, 7) is 5.86. The minimum atomic E-state index is -2.06. The topological polar surface area (TPSA) is 420 Å². The van der Waals surface area contributed by atoms with Crippen molar-refractivity contribution in [3.8, 4) is 0 Å². The molecule has 1 aromatic rings. The molecule has 1 amide bonds. The molecule has 4 saturated heterocycles. The van der Waals surface area contributed by atoms with Crippen molar-refractivity contribution in [2.45, 2.75) is 213 Å². The molecule has 5 unspecified atom stereocenters. The van der Waals surface area contributed by atoms with Gasteiger partial charge in [-0.25, -0.2) is 4.79 Å². The number of ether oxygens (including phenoxy) is 8. The molecule has 1 spiro atoms. The van der Waals surface area contributed by atoms with Gasteiger partial charge in [0.05, 0.1) is 31.3 Å². The van der Waals surface area contributed by atoms with Crippen molar-refractivity contribution >= 4 is 17.8 Å². The molecule has 8 fully saturated rings. The summed E-state index contributed by atoms with van der Waals surface area (Å²) in [5.41, 5.74) is -0.844. The van der Waals surface area contributed by atoms with Gasteiger partial charge in [0.25, 0.3) is 5.91 Å². The van der Waals surface area contributed by atoms with Crippen LogP contribution in [0.4, 0.5) is 0 Å². The third kappa shape index (κ3) is 11.2. The van der Waals surface area contributed by atoms with E-state index in [0.29, 0.717) is 56.9 Å². The molecule has 0 aromatic heterocycles. The number of benzene rings is 1. The smallest absolute Gasteiger partial charge is 0.326 e. The van der Waals surface area contributed by atoms with Crippen LogP contribution in [0.25, 0.3) is 0 Å². The van der Waals surface area contributed by atoms with Crippen molar-refractivity contribution in [2.75, 3.05) is 19.8 Å². The van der Waals surface area contributed by atoms with E-state index in [9.17, 15) is 85.9 Å². The average Bonchev–Trinajstić information content (AvgIpc) is 3.64. The summed E-state index contributed by atoms with van der Waals surface area (Å²) in [7, 11) is 0. The lowest BCUT2D eigenvalue weighted by atomic mass is 9.46. The van der Waals surface area contributed by atoms with Gasteiger partial charge in [-0.05, 0) is 80.1 Å². The summed E-state index contributed by atoms with van der Waals surface area (Å²) in [6.07, 6.45) is -32.8. The molecule has 80 heavy (non-hydrogen) atoms. The molecule has 15 N–H and O–H groups in total. The molecular formula is C54H79NO25. The number of hydrogen-bond donors (Lipinski definition) is 15. The zero-order valence-electron chi connectivity index (χ0n) is 44.5. The first-order valence-corrected chi connectivity index (χ1v) is 27.6. The molecule has 26 heteroatoms. The standard InChI is InChI=1S/C54H79NO25/c1-22-17-54-14-7-11-30-52(2,12-8-13-53(30,3)51(72)80-49-41(68)37(64)38(65)43(78-49)45(69)55-25(46(70)71)15-23-9-5-4-6-10-23)31(54)16-26(24(22)18-54)73-50-44(79-48-40(67)36(63)33(60)28(20-57)75-48)42(34(61)29(21-58)76-50)77-47-39(66)35(62)32(59)27(19-56)74-47/h4-6,9-10,24-44,47-50,56-68H,1,7-8,11-21H2,2-3H3,(H,55,69)(H,70,71)/t24?,25-,26?,27-,28-,29-,30+,31?,32-,33-,34-,35+,36+,37+,38+,39-,40-,41-,42?,43+,44-,47+,48+,49?,50-,52-,53-,54+/m1/s1. The minimum Gasteiger partial charge on any atom is -0.480 e. The number of fused-ring (bicyclic) bond motifs is 3. The summed E-state index contributed by atoms with van der Waals surface area (Å²) in [6, 6.07) is 6.97. The highest BCUT2D eigenvalue weighted by molar-refractivity contribution is 5.87. The number of carbonyl (C=O) groups is 3. The highest BCUT2D eigenvalue weighted by Gasteiger charge is 2.67. The predicted molar refractivity (Wildman–Crippen MR) is 266 cm³/mol. The zero-order valence-corrected chi connectivity index (χ0v) is 44.5. The van der Waals surface area contributed by atoms with Gasteiger partial charge in [-0.1, -0.05) is 62.2 Å². The van der Waals surface area contributed by atoms with Crippen LogP contribution in [0.15, 0.2) is 42.5 Å². The van der Waals surface area contributed by atoms with Crippen molar-refractivity contribution in [1.82, 2.24) is 5.32 Å². The third-order valence-electron chi connectivity index (χ3n) is 19.1. The molecule has 4 aliphatic carbocycles. The van der Waals surface area contributed by atoms with Crippen molar-refractivity contribution in [3.63, 3.8) is 0 Å². The quantitative estimate of drug-likeness (QED) is 0.0553. The summed E-state index contributed by atoms with van der Waals surface area (Å²) < 4.78 is 48.8. The second-order valence-electron chi connectivity index (χ2n) is 23.9. The van der Waals surface area contributed by atoms with Crippen LogP contribution < -0.4 is 5.32 Å². The number of carboxylic acids is 1. The summed E-state index contributed by atoms with van der Waals surface area (Å²) in [4.78, 5) is 40.8. The first kappa shape index (κ1) is 61.1. The van der Waals surface area contributed by atoms with E-state index in [1.165, 1.54) is 0 Å². The first-order chi connectivity index (χ1) is 37.9. The maximum atomic E-state index is 14.9. The van der Waals surface area contributed by atoms with Gasteiger partial charge in [-0.2, -0.15) is 0 Å². The maximum Gasteiger partial charge on any atom is 0.326 e. The van der Waals surface area contributed by atoms with Crippen molar-refractivity contribution in [3.05, 3.63) is 48.0 Å². The van der Waals surface area contributed by atoms with Gasteiger partial charge in [0.1, 0.15) is 97.6 Å². The summed E-state index contributed by atoms with van der Waals surface area (Å²) in [5.74, 6) is -4.27. The minimum absolute atomic E-state index is 0.135. The van der Waals surface area contributed by atoms with E-state index in [-0.39, 0.29) is 23.7 Å². The Morgan fingerprint density at radius 3 is 1.81 bits per heavy atom. The van der Waals surface area contributed by atoms with Gasteiger partial charge >= 0.3 is 11.9 Å². The molecule has 4 saturated carbocycles. The first-order valence-electron chi connectivity index (χ1n) is 27.6. The van der Waals surface area contributed by atoms with Gasteiger partial charge in [0.2, 0.25) is 6.29 Å². The van der Waals surface area contributed by atoms with Crippen LogP contribution >= 0.6 is 0 Å². The molecular weight excluding hydrogens is 1060 g/mol. The number of rotatable bonds is 16. The van der Waals surface area contributed by atoms with E-state index in [2.05, 4.69) is 18.8 Å². The Kier molecular flexibility index (Phi) is 18.6. The van der Waals surface area contributed by atoms with Crippen LogP contribution in [0.2, 0.25) is 0 Å². The van der Waals surface area contributed by atoms with Crippen LogP contribution in [-0.2, 0) is 58.7 Å².